The number of aryl methyl sites for hydroxylation is 2. The lowest BCUT2D eigenvalue weighted by Crippen LogP contribution is -2.08. The van der Waals surface area contributed by atoms with E-state index in [1.54, 1.807) is 0 Å². The van der Waals surface area contributed by atoms with E-state index >= 15 is 0 Å². The van der Waals surface area contributed by atoms with Crippen molar-refractivity contribution in [3.63, 3.8) is 0 Å². The standard InChI is InChI=1S/C13H19N5O/c1-4-11-16-12(14-5-2)7-13(17-11)15-8-10-6-9(3)19-18-10/h6-7H,4-5,8H2,1-3H3,(H2,14,15,16,17). The molecular formula is C13H19N5O. The van der Waals surface area contributed by atoms with E-state index < -0.39 is 0 Å². The highest BCUT2D eigenvalue weighted by molar-refractivity contribution is 5.47. The Labute approximate surface area is 112 Å². The first kappa shape index (κ1) is 13.3. The molecule has 0 aliphatic rings. The fraction of sp³-hybridized carbons (Fsp3) is 0.462. The van der Waals surface area contributed by atoms with Gasteiger partial charge in [0.05, 0.1) is 6.54 Å². The SMILES string of the molecule is CCNc1cc(NCc2cc(C)on2)nc(CC)n1. The number of hydrogen-bond acceptors (Lipinski definition) is 6. The quantitative estimate of drug-likeness (QED) is 0.831. The largest absolute Gasteiger partial charge is 0.370 e. The summed E-state index contributed by atoms with van der Waals surface area (Å²) in [5.41, 5.74) is 0.860. The summed E-state index contributed by atoms with van der Waals surface area (Å²) in [5.74, 6) is 3.26. The van der Waals surface area contributed by atoms with Gasteiger partial charge >= 0.3 is 0 Å². The first-order valence-corrected chi connectivity index (χ1v) is 6.49. The predicted molar refractivity (Wildman–Crippen MR) is 74.1 cm³/mol. The third kappa shape index (κ3) is 3.67. The molecule has 0 spiro atoms. The van der Waals surface area contributed by atoms with Crippen molar-refractivity contribution in [1.82, 2.24) is 15.1 Å². The Morgan fingerprint density at radius 2 is 1.84 bits per heavy atom. The molecule has 0 aliphatic heterocycles. The van der Waals surface area contributed by atoms with Crippen molar-refractivity contribution in [3.05, 3.63) is 29.4 Å². The van der Waals surface area contributed by atoms with Crippen LogP contribution >= 0.6 is 0 Å². The molecule has 2 rings (SSSR count). The van der Waals surface area contributed by atoms with Gasteiger partial charge in [-0.15, -0.1) is 0 Å². The number of nitrogens with zero attached hydrogens (tertiary/aromatic N) is 3. The van der Waals surface area contributed by atoms with Crippen LogP contribution in [-0.4, -0.2) is 21.7 Å². The van der Waals surface area contributed by atoms with Gasteiger partial charge in [0, 0.05) is 25.1 Å². The minimum Gasteiger partial charge on any atom is -0.370 e. The minimum atomic E-state index is 0.586. The molecule has 0 fully saturated rings. The van der Waals surface area contributed by atoms with Gasteiger partial charge in [-0.05, 0) is 13.8 Å². The lowest BCUT2D eigenvalue weighted by atomic mass is 10.3. The van der Waals surface area contributed by atoms with Gasteiger partial charge in [0.15, 0.2) is 0 Å². The molecule has 6 nitrogen and oxygen atoms in total. The summed E-state index contributed by atoms with van der Waals surface area (Å²) < 4.78 is 5.03. The van der Waals surface area contributed by atoms with E-state index in [9.17, 15) is 0 Å². The second kappa shape index (κ2) is 6.17. The van der Waals surface area contributed by atoms with Crippen molar-refractivity contribution in [3.8, 4) is 0 Å². The Balaban J connectivity index is 2.08. The highest BCUT2D eigenvalue weighted by Crippen LogP contribution is 2.13. The van der Waals surface area contributed by atoms with E-state index in [0.29, 0.717) is 6.54 Å². The lowest BCUT2D eigenvalue weighted by Gasteiger charge is -2.09. The molecular weight excluding hydrogens is 242 g/mol. The van der Waals surface area contributed by atoms with Crippen LogP contribution in [0.2, 0.25) is 0 Å². The summed E-state index contributed by atoms with van der Waals surface area (Å²) in [4.78, 5) is 8.84. The number of anilines is 2. The van der Waals surface area contributed by atoms with E-state index in [4.69, 9.17) is 4.52 Å². The summed E-state index contributed by atoms with van der Waals surface area (Å²) >= 11 is 0. The molecule has 0 radical (unpaired) electrons. The second-order valence-electron chi connectivity index (χ2n) is 4.22. The Hall–Kier alpha value is -2.11. The maximum atomic E-state index is 5.03. The van der Waals surface area contributed by atoms with Crippen LogP contribution in [-0.2, 0) is 13.0 Å². The molecule has 19 heavy (non-hydrogen) atoms. The second-order valence-corrected chi connectivity index (χ2v) is 4.22. The Morgan fingerprint density at radius 1 is 1.11 bits per heavy atom. The van der Waals surface area contributed by atoms with Crippen LogP contribution in [0.5, 0.6) is 0 Å². The van der Waals surface area contributed by atoms with Crippen molar-refractivity contribution in [2.45, 2.75) is 33.7 Å². The van der Waals surface area contributed by atoms with E-state index in [1.165, 1.54) is 0 Å². The molecule has 0 unspecified atom stereocenters. The van der Waals surface area contributed by atoms with Gasteiger partial charge in [-0.25, -0.2) is 9.97 Å². The number of nitrogens with one attached hydrogen (secondary N) is 2. The average Bonchev–Trinajstić information content (AvgIpc) is 2.82. The zero-order valence-electron chi connectivity index (χ0n) is 11.5. The van der Waals surface area contributed by atoms with Gasteiger partial charge in [-0.1, -0.05) is 12.1 Å². The van der Waals surface area contributed by atoms with Crippen LogP contribution in [0.15, 0.2) is 16.7 Å². The predicted octanol–water partition coefficient (Wildman–Crippen LogP) is 2.38. The van der Waals surface area contributed by atoms with Gasteiger partial charge in [-0.2, -0.15) is 0 Å². The molecule has 0 aromatic carbocycles. The maximum Gasteiger partial charge on any atom is 0.133 e. The van der Waals surface area contributed by atoms with E-state index in [1.807, 2.05) is 32.9 Å². The van der Waals surface area contributed by atoms with Crippen LogP contribution in [0.1, 0.15) is 31.1 Å². The smallest absolute Gasteiger partial charge is 0.133 e. The van der Waals surface area contributed by atoms with Crippen LogP contribution in [0.3, 0.4) is 0 Å². The van der Waals surface area contributed by atoms with Crippen molar-refractivity contribution < 1.29 is 4.52 Å². The summed E-state index contributed by atoms with van der Waals surface area (Å²) in [5, 5.41) is 10.4. The number of aromatic nitrogens is 3. The number of rotatable bonds is 6. The van der Waals surface area contributed by atoms with E-state index in [0.717, 1.165) is 41.9 Å². The molecule has 2 aromatic heterocycles. The monoisotopic (exact) mass is 261 g/mol. The van der Waals surface area contributed by atoms with Crippen LogP contribution in [0.25, 0.3) is 0 Å². The molecule has 2 N–H and O–H groups in total. The molecule has 0 saturated carbocycles. The summed E-state index contributed by atoms with van der Waals surface area (Å²) in [6.45, 7) is 7.37. The van der Waals surface area contributed by atoms with Crippen molar-refractivity contribution in [2.75, 3.05) is 17.2 Å². The van der Waals surface area contributed by atoms with Crippen molar-refractivity contribution in [2.24, 2.45) is 0 Å². The zero-order valence-corrected chi connectivity index (χ0v) is 11.5. The highest BCUT2D eigenvalue weighted by Gasteiger charge is 2.04. The zero-order chi connectivity index (χ0) is 13.7. The van der Waals surface area contributed by atoms with Gasteiger partial charge in [-0.3, -0.25) is 0 Å². The molecule has 0 aliphatic carbocycles. The average molecular weight is 261 g/mol. The molecule has 0 amide bonds. The molecule has 2 aromatic rings. The maximum absolute atomic E-state index is 5.03. The van der Waals surface area contributed by atoms with Gasteiger partial charge < -0.3 is 15.2 Å². The minimum absolute atomic E-state index is 0.586. The van der Waals surface area contributed by atoms with Crippen molar-refractivity contribution in [1.29, 1.82) is 0 Å². The molecule has 2 heterocycles. The fourth-order valence-corrected chi connectivity index (χ4v) is 1.70. The first-order valence-electron chi connectivity index (χ1n) is 6.49. The highest BCUT2D eigenvalue weighted by atomic mass is 16.5. The Morgan fingerprint density at radius 3 is 2.42 bits per heavy atom. The number of hydrogen-bond donors (Lipinski definition) is 2. The molecule has 0 bridgehead atoms. The lowest BCUT2D eigenvalue weighted by molar-refractivity contribution is 0.391. The molecule has 6 heteroatoms. The van der Waals surface area contributed by atoms with Crippen LogP contribution in [0.4, 0.5) is 11.6 Å². The third-order valence-corrected chi connectivity index (χ3v) is 2.57. The molecule has 102 valence electrons. The molecule has 0 saturated heterocycles. The normalized spacial score (nSPS) is 10.5. The fourth-order valence-electron chi connectivity index (χ4n) is 1.70. The summed E-state index contributed by atoms with van der Waals surface area (Å²) in [7, 11) is 0. The van der Waals surface area contributed by atoms with Gasteiger partial charge in [0.1, 0.15) is 28.9 Å². The summed E-state index contributed by atoms with van der Waals surface area (Å²) in [6, 6.07) is 3.80. The van der Waals surface area contributed by atoms with Crippen LogP contribution < -0.4 is 10.6 Å². The van der Waals surface area contributed by atoms with E-state index in [2.05, 4.69) is 25.8 Å². The Kier molecular flexibility index (Phi) is 4.33. The van der Waals surface area contributed by atoms with Crippen molar-refractivity contribution >= 4 is 11.6 Å². The Bertz CT molecular complexity index is 538. The van der Waals surface area contributed by atoms with E-state index in [-0.39, 0.29) is 0 Å². The third-order valence-electron chi connectivity index (χ3n) is 2.57. The topological polar surface area (TPSA) is 75.9 Å². The summed E-state index contributed by atoms with van der Waals surface area (Å²) in [6.07, 6.45) is 0.803. The van der Waals surface area contributed by atoms with Crippen LogP contribution in [0, 0.1) is 6.92 Å². The molecule has 0 atom stereocenters. The first-order chi connectivity index (χ1) is 9.21. The van der Waals surface area contributed by atoms with Gasteiger partial charge in [0.2, 0.25) is 0 Å². The van der Waals surface area contributed by atoms with Gasteiger partial charge in [0.25, 0.3) is 0 Å².